The van der Waals surface area contributed by atoms with Gasteiger partial charge in [-0.25, -0.2) is 0 Å². The van der Waals surface area contributed by atoms with Crippen molar-refractivity contribution in [3.8, 4) is 0 Å². The maximum atomic E-state index is 5.47. The van der Waals surface area contributed by atoms with E-state index in [0.717, 1.165) is 26.2 Å². The molecule has 0 radical (unpaired) electrons. The summed E-state index contributed by atoms with van der Waals surface area (Å²) in [6.07, 6.45) is 6.37. The van der Waals surface area contributed by atoms with Crippen molar-refractivity contribution in [2.45, 2.75) is 26.3 Å². The standard InChI is InChI=1S/C14H25NO3/c1-2-3-9-16-11-13-18-14-12-17-10-8-15-6-4-5-7-15/h4-7H,2-3,8-14H2,1H3. The lowest BCUT2D eigenvalue weighted by Gasteiger charge is -2.07. The maximum absolute atomic E-state index is 5.47. The Morgan fingerprint density at radius 1 is 0.778 bits per heavy atom. The molecular formula is C14H25NO3. The Labute approximate surface area is 110 Å². The van der Waals surface area contributed by atoms with Crippen molar-refractivity contribution >= 4 is 0 Å². The first-order chi connectivity index (χ1) is 8.93. The molecule has 0 saturated heterocycles. The van der Waals surface area contributed by atoms with Crippen molar-refractivity contribution < 1.29 is 14.2 Å². The Morgan fingerprint density at radius 3 is 1.94 bits per heavy atom. The Hall–Kier alpha value is -0.840. The molecule has 0 fully saturated rings. The minimum absolute atomic E-state index is 0.642. The first kappa shape index (κ1) is 15.2. The SMILES string of the molecule is CCCCOCCOCCOCCn1cccc1. The van der Waals surface area contributed by atoms with Gasteiger partial charge in [-0.05, 0) is 18.6 Å². The number of rotatable bonds is 12. The van der Waals surface area contributed by atoms with Gasteiger partial charge in [0.05, 0.1) is 33.0 Å². The lowest BCUT2D eigenvalue weighted by molar-refractivity contribution is 0.0127. The molecule has 0 amide bonds. The fourth-order valence-corrected chi connectivity index (χ4v) is 1.48. The molecule has 18 heavy (non-hydrogen) atoms. The minimum Gasteiger partial charge on any atom is -0.379 e. The Kier molecular flexibility index (Phi) is 9.52. The van der Waals surface area contributed by atoms with Crippen LogP contribution in [0.2, 0.25) is 0 Å². The number of hydrogen-bond donors (Lipinski definition) is 0. The smallest absolute Gasteiger partial charge is 0.0701 e. The van der Waals surface area contributed by atoms with Crippen molar-refractivity contribution in [2.24, 2.45) is 0 Å². The quantitative estimate of drug-likeness (QED) is 0.537. The van der Waals surface area contributed by atoms with Gasteiger partial charge in [0.1, 0.15) is 0 Å². The summed E-state index contributed by atoms with van der Waals surface area (Å²) in [5.41, 5.74) is 0. The van der Waals surface area contributed by atoms with Crippen LogP contribution in [0, 0.1) is 0 Å². The van der Waals surface area contributed by atoms with Crippen LogP contribution < -0.4 is 0 Å². The summed E-state index contributed by atoms with van der Waals surface area (Å²) in [5.74, 6) is 0. The van der Waals surface area contributed by atoms with Gasteiger partial charge in [-0.1, -0.05) is 13.3 Å². The van der Waals surface area contributed by atoms with E-state index in [0.29, 0.717) is 26.4 Å². The Morgan fingerprint density at radius 2 is 1.33 bits per heavy atom. The van der Waals surface area contributed by atoms with E-state index in [4.69, 9.17) is 14.2 Å². The highest BCUT2D eigenvalue weighted by atomic mass is 16.5. The summed E-state index contributed by atoms with van der Waals surface area (Å²) in [5, 5.41) is 0. The fourth-order valence-electron chi connectivity index (χ4n) is 1.48. The topological polar surface area (TPSA) is 32.6 Å². The largest absolute Gasteiger partial charge is 0.379 e. The normalized spacial score (nSPS) is 10.9. The molecule has 0 unspecified atom stereocenters. The van der Waals surface area contributed by atoms with E-state index < -0.39 is 0 Å². The van der Waals surface area contributed by atoms with Gasteiger partial charge in [0.15, 0.2) is 0 Å². The number of nitrogens with zero attached hydrogens (tertiary/aromatic N) is 1. The molecule has 0 aliphatic heterocycles. The molecule has 4 nitrogen and oxygen atoms in total. The average molecular weight is 255 g/mol. The molecule has 0 aliphatic rings. The van der Waals surface area contributed by atoms with Crippen molar-refractivity contribution in [1.29, 1.82) is 0 Å². The molecule has 0 N–H and O–H groups in total. The molecule has 0 spiro atoms. The van der Waals surface area contributed by atoms with Gasteiger partial charge in [-0.2, -0.15) is 0 Å². The van der Waals surface area contributed by atoms with Gasteiger partial charge in [0.2, 0.25) is 0 Å². The highest BCUT2D eigenvalue weighted by Gasteiger charge is 1.92. The zero-order valence-corrected chi connectivity index (χ0v) is 11.3. The van der Waals surface area contributed by atoms with Gasteiger partial charge in [0.25, 0.3) is 0 Å². The molecule has 0 aromatic carbocycles. The lowest BCUT2D eigenvalue weighted by Crippen LogP contribution is -2.11. The molecule has 1 aromatic heterocycles. The molecular weight excluding hydrogens is 230 g/mol. The van der Waals surface area contributed by atoms with E-state index in [2.05, 4.69) is 11.5 Å². The second-order valence-corrected chi connectivity index (χ2v) is 4.11. The van der Waals surface area contributed by atoms with E-state index in [-0.39, 0.29) is 0 Å². The predicted molar refractivity (Wildman–Crippen MR) is 71.8 cm³/mol. The molecule has 0 aliphatic carbocycles. The van der Waals surface area contributed by atoms with Crippen molar-refractivity contribution in [3.05, 3.63) is 24.5 Å². The molecule has 0 saturated carbocycles. The number of unbranched alkanes of at least 4 members (excludes halogenated alkanes) is 1. The number of hydrogen-bond acceptors (Lipinski definition) is 3. The van der Waals surface area contributed by atoms with Crippen LogP contribution in [0.25, 0.3) is 0 Å². The van der Waals surface area contributed by atoms with Crippen LogP contribution >= 0.6 is 0 Å². The summed E-state index contributed by atoms with van der Waals surface area (Å²) in [6, 6.07) is 4.03. The predicted octanol–water partition coefficient (Wildman–Crippen LogP) is 2.34. The minimum atomic E-state index is 0.642. The molecule has 4 heteroatoms. The highest BCUT2D eigenvalue weighted by Crippen LogP contribution is 1.90. The summed E-state index contributed by atoms with van der Waals surface area (Å²) < 4.78 is 18.3. The van der Waals surface area contributed by atoms with Crippen LogP contribution in [-0.2, 0) is 20.8 Å². The third-order valence-electron chi connectivity index (χ3n) is 2.55. The Bertz CT molecular complexity index is 262. The maximum Gasteiger partial charge on any atom is 0.0701 e. The van der Waals surface area contributed by atoms with Crippen LogP contribution in [0.5, 0.6) is 0 Å². The second kappa shape index (κ2) is 11.3. The fraction of sp³-hybridized carbons (Fsp3) is 0.714. The third kappa shape index (κ3) is 8.28. The summed E-state index contributed by atoms with van der Waals surface area (Å²) in [4.78, 5) is 0. The van der Waals surface area contributed by atoms with Crippen LogP contribution in [0.4, 0.5) is 0 Å². The van der Waals surface area contributed by atoms with Gasteiger partial charge < -0.3 is 18.8 Å². The van der Waals surface area contributed by atoms with Crippen molar-refractivity contribution in [2.75, 3.05) is 39.6 Å². The zero-order valence-electron chi connectivity index (χ0n) is 11.3. The number of ether oxygens (including phenoxy) is 3. The lowest BCUT2D eigenvalue weighted by atomic mass is 10.4. The summed E-state index contributed by atoms with van der Waals surface area (Å²) >= 11 is 0. The third-order valence-corrected chi connectivity index (χ3v) is 2.55. The van der Waals surface area contributed by atoms with E-state index in [1.54, 1.807) is 0 Å². The molecule has 0 bridgehead atoms. The first-order valence-corrected chi connectivity index (χ1v) is 6.77. The van der Waals surface area contributed by atoms with E-state index >= 15 is 0 Å². The molecule has 0 atom stereocenters. The summed E-state index contributed by atoms with van der Waals surface area (Å²) in [7, 11) is 0. The average Bonchev–Trinajstić information content (AvgIpc) is 2.89. The van der Waals surface area contributed by atoms with E-state index in [1.807, 2.05) is 24.5 Å². The van der Waals surface area contributed by atoms with Gasteiger partial charge >= 0.3 is 0 Å². The van der Waals surface area contributed by atoms with Crippen LogP contribution in [0.1, 0.15) is 19.8 Å². The Balaban J connectivity index is 1.73. The molecule has 1 heterocycles. The zero-order chi connectivity index (χ0) is 12.9. The van der Waals surface area contributed by atoms with Crippen molar-refractivity contribution in [3.63, 3.8) is 0 Å². The molecule has 1 aromatic rings. The first-order valence-electron chi connectivity index (χ1n) is 6.77. The van der Waals surface area contributed by atoms with Crippen LogP contribution in [0.15, 0.2) is 24.5 Å². The van der Waals surface area contributed by atoms with Crippen LogP contribution in [-0.4, -0.2) is 44.2 Å². The molecule has 104 valence electrons. The number of aromatic nitrogens is 1. The van der Waals surface area contributed by atoms with E-state index in [1.165, 1.54) is 6.42 Å². The molecule has 1 rings (SSSR count). The van der Waals surface area contributed by atoms with E-state index in [9.17, 15) is 0 Å². The van der Waals surface area contributed by atoms with Gasteiger partial charge in [-0.3, -0.25) is 0 Å². The van der Waals surface area contributed by atoms with Gasteiger partial charge in [0, 0.05) is 25.5 Å². The highest BCUT2D eigenvalue weighted by molar-refractivity contribution is 4.89. The summed E-state index contributed by atoms with van der Waals surface area (Å²) in [6.45, 7) is 7.25. The second-order valence-electron chi connectivity index (χ2n) is 4.11. The van der Waals surface area contributed by atoms with Crippen molar-refractivity contribution in [1.82, 2.24) is 4.57 Å². The monoisotopic (exact) mass is 255 g/mol. The van der Waals surface area contributed by atoms with Crippen LogP contribution in [0.3, 0.4) is 0 Å². The van der Waals surface area contributed by atoms with Gasteiger partial charge in [-0.15, -0.1) is 0 Å².